The van der Waals surface area contributed by atoms with E-state index < -0.39 is 0 Å². The van der Waals surface area contributed by atoms with Crippen LogP contribution in [-0.2, 0) is 9.53 Å². The lowest BCUT2D eigenvalue weighted by molar-refractivity contribution is -0.120. The van der Waals surface area contributed by atoms with Gasteiger partial charge in [-0.2, -0.15) is 0 Å². The zero-order chi connectivity index (χ0) is 11.6. The second kappa shape index (κ2) is 8.48. The van der Waals surface area contributed by atoms with Crippen molar-refractivity contribution in [3.05, 3.63) is 12.7 Å². The molecule has 1 fully saturated rings. The van der Waals surface area contributed by atoms with E-state index in [1.165, 1.54) is 0 Å². The van der Waals surface area contributed by atoms with Crippen LogP contribution in [0.15, 0.2) is 12.7 Å². The van der Waals surface area contributed by atoms with E-state index in [2.05, 4.69) is 11.9 Å². The number of ketones is 1. The van der Waals surface area contributed by atoms with Crippen molar-refractivity contribution < 1.29 is 9.53 Å². The Bertz CT molecular complexity index is 210. The highest BCUT2D eigenvalue weighted by Gasteiger charge is 2.16. The highest BCUT2D eigenvalue weighted by Crippen LogP contribution is 2.07. The maximum absolute atomic E-state index is 11.6. The van der Waals surface area contributed by atoms with Crippen LogP contribution in [0.5, 0.6) is 0 Å². The summed E-state index contributed by atoms with van der Waals surface area (Å²) in [6.45, 7) is 6.01. The number of carbonyl (C=O) groups excluding carboxylic acids is 1. The molecule has 1 aliphatic heterocycles. The van der Waals surface area contributed by atoms with Crippen molar-refractivity contribution in [3.63, 3.8) is 0 Å². The number of nitrogens with one attached hydrogen (secondary N) is 1. The number of hydrogen-bond acceptors (Lipinski definition) is 3. The van der Waals surface area contributed by atoms with Gasteiger partial charge in [-0.25, -0.2) is 0 Å². The quantitative estimate of drug-likeness (QED) is 0.507. The first-order valence-electron chi connectivity index (χ1n) is 6.26. The largest absolute Gasteiger partial charge is 0.379 e. The second-order valence-corrected chi connectivity index (χ2v) is 4.36. The second-order valence-electron chi connectivity index (χ2n) is 4.36. The first-order chi connectivity index (χ1) is 7.83. The van der Waals surface area contributed by atoms with E-state index in [0.29, 0.717) is 18.8 Å². The van der Waals surface area contributed by atoms with E-state index in [4.69, 9.17) is 4.74 Å². The smallest absolute Gasteiger partial charge is 0.134 e. The number of rotatable bonds is 8. The number of allylic oxidation sites excluding steroid dienone is 1. The molecule has 1 saturated heterocycles. The number of ether oxygens (including phenoxy) is 1. The minimum atomic E-state index is 0.245. The Morgan fingerprint density at radius 2 is 2.31 bits per heavy atom. The molecule has 1 atom stereocenters. The maximum Gasteiger partial charge on any atom is 0.134 e. The SMILES string of the molecule is C=CCCCCCC(=O)CC1COCCN1. The highest BCUT2D eigenvalue weighted by molar-refractivity contribution is 5.78. The van der Waals surface area contributed by atoms with Crippen molar-refractivity contribution in [2.75, 3.05) is 19.8 Å². The fraction of sp³-hybridized carbons (Fsp3) is 0.769. The van der Waals surface area contributed by atoms with Crippen LogP contribution in [0.4, 0.5) is 0 Å². The molecule has 0 aromatic heterocycles. The van der Waals surface area contributed by atoms with E-state index in [9.17, 15) is 4.79 Å². The van der Waals surface area contributed by atoms with Gasteiger partial charge < -0.3 is 10.1 Å². The van der Waals surface area contributed by atoms with E-state index in [0.717, 1.165) is 45.3 Å². The zero-order valence-electron chi connectivity index (χ0n) is 10.0. The predicted octanol–water partition coefficient (Wildman–Crippen LogP) is 2.07. The molecule has 92 valence electrons. The first-order valence-corrected chi connectivity index (χ1v) is 6.26. The molecule has 0 aliphatic carbocycles. The van der Waals surface area contributed by atoms with E-state index in [-0.39, 0.29) is 6.04 Å². The number of Topliss-reactive ketones (excluding diaryl/α,β-unsaturated/α-hetero) is 1. The van der Waals surface area contributed by atoms with Crippen molar-refractivity contribution in [2.24, 2.45) is 0 Å². The average Bonchev–Trinajstić information content (AvgIpc) is 2.30. The molecule has 1 N–H and O–H groups in total. The van der Waals surface area contributed by atoms with Crippen molar-refractivity contribution in [2.45, 2.75) is 44.6 Å². The molecule has 3 heteroatoms. The number of carbonyl (C=O) groups is 1. The third-order valence-electron chi connectivity index (χ3n) is 2.84. The lowest BCUT2D eigenvalue weighted by Gasteiger charge is -2.23. The van der Waals surface area contributed by atoms with Gasteiger partial charge in [0.1, 0.15) is 5.78 Å². The van der Waals surface area contributed by atoms with Gasteiger partial charge in [0.05, 0.1) is 13.2 Å². The maximum atomic E-state index is 11.6. The molecule has 1 heterocycles. The van der Waals surface area contributed by atoms with Crippen LogP contribution in [0.2, 0.25) is 0 Å². The summed E-state index contributed by atoms with van der Waals surface area (Å²) in [6, 6.07) is 0.245. The van der Waals surface area contributed by atoms with Gasteiger partial charge in [0.25, 0.3) is 0 Å². The Labute approximate surface area is 98.2 Å². The molecule has 0 spiro atoms. The molecule has 0 saturated carbocycles. The summed E-state index contributed by atoms with van der Waals surface area (Å²) >= 11 is 0. The zero-order valence-corrected chi connectivity index (χ0v) is 10.0. The normalized spacial score (nSPS) is 20.6. The van der Waals surface area contributed by atoms with Crippen LogP contribution in [0.1, 0.15) is 38.5 Å². The Morgan fingerprint density at radius 3 is 3.00 bits per heavy atom. The standard InChI is InChI=1S/C13H23NO2/c1-2-3-4-5-6-7-13(15)10-12-11-16-9-8-14-12/h2,12,14H,1,3-11H2. The summed E-state index contributed by atoms with van der Waals surface area (Å²) in [4.78, 5) is 11.6. The third-order valence-corrected chi connectivity index (χ3v) is 2.84. The van der Waals surface area contributed by atoms with Gasteiger partial charge in [-0.05, 0) is 19.3 Å². The summed E-state index contributed by atoms with van der Waals surface area (Å²) in [5, 5.41) is 3.30. The molecule has 0 aromatic carbocycles. The highest BCUT2D eigenvalue weighted by atomic mass is 16.5. The minimum Gasteiger partial charge on any atom is -0.379 e. The van der Waals surface area contributed by atoms with Crippen LogP contribution in [-0.4, -0.2) is 31.6 Å². The van der Waals surface area contributed by atoms with Crippen LogP contribution < -0.4 is 5.32 Å². The monoisotopic (exact) mass is 225 g/mol. The lowest BCUT2D eigenvalue weighted by atomic mass is 10.0. The van der Waals surface area contributed by atoms with E-state index in [1.807, 2.05) is 6.08 Å². The molecule has 1 aliphatic rings. The predicted molar refractivity (Wildman–Crippen MR) is 65.5 cm³/mol. The fourth-order valence-electron chi connectivity index (χ4n) is 1.92. The van der Waals surface area contributed by atoms with Crippen LogP contribution >= 0.6 is 0 Å². The van der Waals surface area contributed by atoms with Gasteiger partial charge >= 0.3 is 0 Å². The van der Waals surface area contributed by atoms with Gasteiger partial charge in [0.2, 0.25) is 0 Å². The minimum absolute atomic E-state index is 0.245. The Hall–Kier alpha value is -0.670. The number of unbranched alkanes of at least 4 members (excludes halogenated alkanes) is 3. The van der Waals surface area contributed by atoms with Crippen LogP contribution in [0.25, 0.3) is 0 Å². The molecule has 3 nitrogen and oxygen atoms in total. The van der Waals surface area contributed by atoms with Gasteiger partial charge in [-0.15, -0.1) is 6.58 Å². The Kier molecular flexibility index (Phi) is 7.10. The summed E-state index contributed by atoms with van der Waals surface area (Å²) < 4.78 is 5.31. The van der Waals surface area contributed by atoms with Gasteiger partial charge in [-0.3, -0.25) is 4.79 Å². The van der Waals surface area contributed by atoms with Crippen molar-refractivity contribution in [1.29, 1.82) is 0 Å². The molecule has 0 amide bonds. The molecular formula is C13H23NO2. The topological polar surface area (TPSA) is 38.3 Å². The van der Waals surface area contributed by atoms with Crippen LogP contribution in [0, 0.1) is 0 Å². The molecule has 1 unspecified atom stereocenters. The van der Waals surface area contributed by atoms with E-state index >= 15 is 0 Å². The molecular weight excluding hydrogens is 202 g/mol. The summed E-state index contributed by atoms with van der Waals surface area (Å²) in [5.41, 5.74) is 0. The average molecular weight is 225 g/mol. The van der Waals surface area contributed by atoms with E-state index in [1.54, 1.807) is 0 Å². The first kappa shape index (κ1) is 13.4. The van der Waals surface area contributed by atoms with Crippen LogP contribution in [0.3, 0.4) is 0 Å². The fourth-order valence-corrected chi connectivity index (χ4v) is 1.92. The summed E-state index contributed by atoms with van der Waals surface area (Å²) in [5.74, 6) is 0.363. The third kappa shape index (κ3) is 6.03. The molecule has 0 aromatic rings. The van der Waals surface area contributed by atoms with Gasteiger partial charge in [0.15, 0.2) is 0 Å². The molecule has 1 rings (SSSR count). The molecule has 16 heavy (non-hydrogen) atoms. The Morgan fingerprint density at radius 1 is 1.44 bits per heavy atom. The van der Waals surface area contributed by atoms with Crippen molar-refractivity contribution in [1.82, 2.24) is 5.32 Å². The molecule has 0 bridgehead atoms. The lowest BCUT2D eigenvalue weighted by Crippen LogP contribution is -2.42. The number of hydrogen-bond donors (Lipinski definition) is 1. The van der Waals surface area contributed by atoms with Gasteiger partial charge in [0, 0.05) is 25.4 Å². The summed E-state index contributed by atoms with van der Waals surface area (Å²) in [7, 11) is 0. The van der Waals surface area contributed by atoms with Gasteiger partial charge in [-0.1, -0.05) is 12.5 Å². The molecule has 0 radical (unpaired) electrons. The Balaban J connectivity index is 1.99. The summed E-state index contributed by atoms with van der Waals surface area (Å²) in [6.07, 6.45) is 7.64. The van der Waals surface area contributed by atoms with Crippen molar-refractivity contribution >= 4 is 5.78 Å². The number of morpholine rings is 1. The van der Waals surface area contributed by atoms with Crippen molar-refractivity contribution in [3.8, 4) is 0 Å².